The van der Waals surface area contributed by atoms with Crippen LogP contribution in [-0.4, -0.2) is 14.7 Å². The molecule has 3 aromatic rings. The number of benzene rings is 1. The highest BCUT2D eigenvalue weighted by Gasteiger charge is 2.18. The highest BCUT2D eigenvalue weighted by atomic mass is 35.5. The van der Waals surface area contributed by atoms with Crippen LogP contribution in [0.4, 0.5) is 5.82 Å². The Balaban J connectivity index is 1.88. The van der Waals surface area contributed by atoms with Gasteiger partial charge in [0.1, 0.15) is 16.6 Å². The molecule has 1 aromatic carbocycles. The van der Waals surface area contributed by atoms with Crippen molar-refractivity contribution in [2.24, 2.45) is 0 Å². The summed E-state index contributed by atoms with van der Waals surface area (Å²) in [6.07, 6.45) is 5.04. The van der Waals surface area contributed by atoms with Crippen LogP contribution in [0.3, 0.4) is 0 Å². The third-order valence-corrected chi connectivity index (χ3v) is 5.07. The number of rotatable bonds is 6. The summed E-state index contributed by atoms with van der Waals surface area (Å²) in [4.78, 5) is 4.63. The van der Waals surface area contributed by atoms with Gasteiger partial charge in [0.25, 0.3) is 0 Å². The van der Waals surface area contributed by atoms with Crippen molar-refractivity contribution in [3.63, 3.8) is 0 Å². The molecule has 0 amide bonds. The molecule has 3 rings (SSSR count). The van der Waals surface area contributed by atoms with Crippen LogP contribution in [0.2, 0.25) is 5.02 Å². The van der Waals surface area contributed by atoms with Crippen LogP contribution >= 0.6 is 22.9 Å². The molecule has 0 spiro atoms. The van der Waals surface area contributed by atoms with Gasteiger partial charge in [-0.2, -0.15) is 0 Å². The number of nitrogens with two attached hydrogens (primary N) is 1. The Bertz CT molecular complexity index is 823. The van der Waals surface area contributed by atoms with Crippen molar-refractivity contribution in [3.8, 4) is 27.6 Å². The Hall–Kier alpha value is -1.98. The maximum Gasteiger partial charge on any atom is 0.145 e. The van der Waals surface area contributed by atoms with Gasteiger partial charge in [-0.1, -0.05) is 43.5 Å². The minimum absolute atomic E-state index is 0.181. The fraction of sp³-hybridized carbons (Fsp3) is 0.278. The lowest BCUT2D eigenvalue weighted by Gasteiger charge is -2.05. The third kappa shape index (κ3) is 3.42. The molecule has 0 bridgehead atoms. The molecule has 0 saturated carbocycles. The summed E-state index contributed by atoms with van der Waals surface area (Å²) >= 11 is 7.40. The van der Waals surface area contributed by atoms with Crippen LogP contribution < -0.4 is 5.73 Å². The average Bonchev–Trinajstić information content (AvgIpc) is 3.14. The summed E-state index contributed by atoms with van der Waals surface area (Å²) in [5.74, 6) is 0.751. The highest BCUT2D eigenvalue weighted by Crippen LogP contribution is 2.39. The molecule has 126 valence electrons. The van der Waals surface area contributed by atoms with Gasteiger partial charge in [0.15, 0.2) is 0 Å². The summed E-state index contributed by atoms with van der Waals surface area (Å²) in [6.45, 7) is 2.97. The summed E-state index contributed by atoms with van der Waals surface area (Å²) in [5, 5.41) is 13.7. The molecule has 0 aliphatic rings. The monoisotopic (exact) mass is 361 g/mol. The first kappa shape index (κ1) is 16.9. The van der Waals surface area contributed by atoms with E-state index < -0.39 is 0 Å². The summed E-state index contributed by atoms with van der Waals surface area (Å²) < 4.78 is 1.91. The topological polar surface area (TPSA) is 64.1 Å². The number of hydrogen-bond acceptors (Lipinski definition) is 4. The van der Waals surface area contributed by atoms with Crippen molar-refractivity contribution in [2.75, 3.05) is 5.73 Å². The predicted octanol–water partition coefficient (Wildman–Crippen LogP) is 5.41. The fourth-order valence-electron chi connectivity index (χ4n) is 2.63. The third-order valence-electron chi connectivity index (χ3n) is 3.96. The van der Waals surface area contributed by atoms with Crippen LogP contribution in [0.15, 0.2) is 35.8 Å². The van der Waals surface area contributed by atoms with Crippen LogP contribution in [-0.2, 0) is 6.54 Å². The Morgan fingerprint density at radius 2 is 2.00 bits per heavy atom. The van der Waals surface area contributed by atoms with Gasteiger partial charge in [-0.25, -0.2) is 4.98 Å². The Kier molecular flexibility index (Phi) is 5.11. The van der Waals surface area contributed by atoms with E-state index in [4.69, 9.17) is 17.3 Å². The second kappa shape index (κ2) is 7.28. The number of nitrogens with zero attached hydrogens (tertiary/aromatic N) is 2. The van der Waals surface area contributed by atoms with Crippen molar-refractivity contribution in [3.05, 3.63) is 40.9 Å². The molecule has 0 aliphatic heterocycles. The molecule has 24 heavy (non-hydrogen) atoms. The van der Waals surface area contributed by atoms with Crippen molar-refractivity contribution in [1.82, 2.24) is 9.55 Å². The molecule has 4 nitrogen and oxygen atoms in total. The first-order valence-corrected chi connectivity index (χ1v) is 9.25. The molecule has 2 aromatic heterocycles. The molecule has 0 unspecified atom stereocenters. The van der Waals surface area contributed by atoms with Crippen molar-refractivity contribution in [1.29, 1.82) is 0 Å². The molecular weight excluding hydrogens is 342 g/mol. The number of halogens is 1. The van der Waals surface area contributed by atoms with Crippen LogP contribution in [0.25, 0.3) is 21.8 Å². The molecule has 0 aliphatic carbocycles. The van der Waals surface area contributed by atoms with Crippen LogP contribution in [0.5, 0.6) is 5.75 Å². The van der Waals surface area contributed by atoms with Gasteiger partial charge < -0.3 is 15.4 Å². The minimum Gasteiger partial charge on any atom is -0.506 e. The molecular formula is C18H20ClN3OS. The van der Waals surface area contributed by atoms with E-state index >= 15 is 0 Å². The lowest BCUT2D eigenvalue weighted by Crippen LogP contribution is -2.02. The number of nitrogen functional groups attached to an aromatic ring is 1. The van der Waals surface area contributed by atoms with Crippen LogP contribution in [0.1, 0.15) is 26.2 Å². The maximum atomic E-state index is 10.3. The number of hydrogen-bond donors (Lipinski definition) is 2. The van der Waals surface area contributed by atoms with Gasteiger partial charge in [0, 0.05) is 28.7 Å². The second-order valence-corrected chi connectivity index (χ2v) is 7.01. The minimum atomic E-state index is 0.181. The fourth-order valence-corrected chi connectivity index (χ4v) is 3.65. The van der Waals surface area contributed by atoms with E-state index in [1.165, 1.54) is 11.3 Å². The number of thiazole rings is 1. The molecule has 3 N–H and O–H groups in total. The van der Waals surface area contributed by atoms with Crippen molar-refractivity contribution in [2.45, 2.75) is 32.7 Å². The number of anilines is 1. The zero-order chi connectivity index (χ0) is 17.1. The van der Waals surface area contributed by atoms with Gasteiger partial charge >= 0.3 is 0 Å². The molecule has 0 radical (unpaired) electrons. The number of aromatic nitrogens is 2. The standard InChI is InChI=1S/C18H20ClN3OS/c1-2-3-4-9-22-10-15(23)16(17(22)20)18-21-14(11-24-18)12-5-7-13(19)8-6-12/h5-8,10-11,23H,2-4,9,20H2,1H3. The predicted molar refractivity (Wildman–Crippen MR) is 102 cm³/mol. The van der Waals surface area contributed by atoms with Gasteiger partial charge in [0.05, 0.1) is 11.3 Å². The first-order chi connectivity index (χ1) is 11.6. The van der Waals surface area contributed by atoms with Crippen molar-refractivity contribution < 1.29 is 5.11 Å². The summed E-state index contributed by atoms with van der Waals surface area (Å²) in [5.41, 5.74) is 8.70. The van der Waals surface area contributed by atoms with E-state index in [2.05, 4.69) is 11.9 Å². The Morgan fingerprint density at radius 3 is 2.71 bits per heavy atom. The number of unbranched alkanes of at least 4 members (excludes halogenated alkanes) is 2. The summed E-state index contributed by atoms with van der Waals surface area (Å²) in [6, 6.07) is 7.54. The van der Waals surface area contributed by atoms with E-state index in [1.54, 1.807) is 6.20 Å². The average molecular weight is 362 g/mol. The maximum absolute atomic E-state index is 10.3. The Labute approximate surface area is 150 Å². The van der Waals surface area contributed by atoms with E-state index in [-0.39, 0.29) is 5.75 Å². The van der Waals surface area contributed by atoms with Gasteiger partial charge in [-0.05, 0) is 18.6 Å². The van der Waals surface area contributed by atoms with Crippen molar-refractivity contribution >= 4 is 28.8 Å². The molecule has 2 heterocycles. The van der Waals surface area contributed by atoms with E-state index in [0.29, 0.717) is 16.4 Å². The van der Waals surface area contributed by atoms with Gasteiger partial charge in [0.2, 0.25) is 0 Å². The smallest absolute Gasteiger partial charge is 0.145 e. The van der Waals surface area contributed by atoms with E-state index in [9.17, 15) is 5.11 Å². The zero-order valence-electron chi connectivity index (χ0n) is 13.5. The molecule has 6 heteroatoms. The quantitative estimate of drug-likeness (QED) is 0.577. The van der Waals surface area contributed by atoms with Gasteiger partial charge in [-0.3, -0.25) is 0 Å². The van der Waals surface area contributed by atoms with Crippen LogP contribution in [0, 0.1) is 0 Å². The number of aromatic hydroxyl groups is 1. The molecule has 0 saturated heterocycles. The molecule has 0 atom stereocenters. The lowest BCUT2D eigenvalue weighted by molar-refractivity contribution is 0.474. The lowest BCUT2D eigenvalue weighted by atomic mass is 10.2. The Morgan fingerprint density at radius 1 is 1.25 bits per heavy atom. The molecule has 0 fully saturated rings. The highest BCUT2D eigenvalue weighted by molar-refractivity contribution is 7.13. The summed E-state index contributed by atoms with van der Waals surface area (Å²) in [7, 11) is 0. The normalized spacial score (nSPS) is 11.1. The van der Waals surface area contributed by atoms with E-state index in [0.717, 1.165) is 42.1 Å². The van der Waals surface area contributed by atoms with E-state index in [1.807, 2.05) is 34.2 Å². The zero-order valence-corrected chi connectivity index (χ0v) is 15.1. The first-order valence-electron chi connectivity index (χ1n) is 7.99. The second-order valence-electron chi connectivity index (χ2n) is 5.72. The largest absolute Gasteiger partial charge is 0.506 e. The number of aryl methyl sites for hydroxylation is 1. The van der Waals surface area contributed by atoms with Gasteiger partial charge in [-0.15, -0.1) is 11.3 Å². The SMILES string of the molecule is CCCCCn1cc(O)c(-c2nc(-c3ccc(Cl)cc3)cs2)c1N.